The maximum absolute atomic E-state index is 13.1. The Morgan fingerprint density at radius 1 is 0.273 bits per heavy atom. The summed E-state index contributed by atoms with van der Waals surface area (Å²) in [7, 11) is -9.91. The lowest BCUT2D eigenvalue weighted by molar-refractivity contribution is -0.161. The highest BCUT2D eigenvalue weighted by Gasteiger charge is 2.30. The molecule has 19 heteroatoms. The van der Waals surface area contributed by atoms with Crippen molar-refractivity contribution < 1.29 is 80.2 Å². The molecule has 2 unspecified atom stereocenters. The Morgan fingerprint density at radius 2 is 0.465 bits per heavy atom. The van der Waals surface area contributed by atoms with Gasteiger partial charge in [0.15, 0.2) is 12.2 Å². The summed E-state index contributed by atoms with van der Waals surface area (Å²) in [4.78, 5) is 72.7. The molecule has 0 amide bonds. The maximum atomic E-state index is 13.1. The molecule has 0 heterocycles. The van der Waals surface area contributed by atoms with Crippen LogP contribution in [0, 0.1) is 11.8 Å². The predicted molar refractivity (Wildman–Crippen MR) is 405 cm³/mol. The third-order valence-electron chi connectivity index (χ3n) is 18.7. The number of carbonyl (C=O) groups is 4. The lowest BCUT2D eigenvalue weighted by Gasteiger charge is -2.21. The molecule has 0 saturated heterocycles. The summed E-state index contributed by atoms with van der Waals surface area (Å²) in [6, 6.07) is 0. The molecule has 0 spiro atoms. The zero-order valence-electron chi connectivity index (χ0n) is 64.8. The van der Waals surface area contributed by atoms with Crippen LogP contribution in [0.2, 0.25) is 0 Å². The van der Waals surface area contributed by atoms with Crippen LogP contribution < -0.4 is 0 Å². The number of ether oxygens (including phenoxy) is 4. The van der Waals surface area contributed by atoms with Crippen molar-refractivity contribution in [2.24, 2.45) is 11.8 Å². The van der Waals surface area contributed by atoms with Gasteiger partial charge in [0.2, 0.25) is 0 Å². The summed E-state index contributed by atoms with van der Waals surface area (Å²) in [6.45, 7) is 9.59. The molecule has 588 valence electrons. The molecule has 0 aromatic carbocycles. The number of aliphatic hydroxyl groups excluding tert-OH is 1. The fraction of sp³-hybridized carbons (Fsp3) is 0.950. The Bertz CT molecular complexity index is 1910. The van der Waals surface area contributed by atoms with Gasteiger partial charge >= 0.3 is 39.5 Å². The second-order valence-corrected chi connectivity index (χ2v) is 32.7. The predicted octanol–water partition coefficient (Wildman–Crippen LogP) is 23.9. The molecular formula is C80H156O17P2. The van der Waals surface area contributed by atoms with E-state index in [2.05, 4.69) is 41.5 Å². The summed E-state index contributed by atoms with van der Waals surface area (Å²) in [6.07, 6.45) is 61.5. The van der Waals surface area contributed by atoms with Crippen molar-refractivity contribution in [3.63, 3.8) is 0 Å². The molecule has 0 rings (SSSR count). The van der Waals surface area contributed by atoms with Gasteiger partial charge in [-0.25, -0.2) is 9.13 Å². The maximum Gasteiger partial charge on any atom is 0.472 e. The summed E-state index contributed by atoms with van der Waals surface area (Å²) < 4.78 is 68.5. The summed E-state index contributed by atoms with van der Waals surface area (Å²) >= 11 is 0. The smallest absolute Gasteiger partial charge is 0.462 e. The van der Waals surface area contributed by atoms with Gasteiger partial charge < -0.3 is 33.8 Å². The highest BCUT2D eigenvalue weighted by atomic mass is 31.2. The fourth-order valence-corrected chi connectivity index (χ4v) is 13.9. The van der Waals surface area contributed by atoms with Crippen molar-refractivity contribution in [3.05, 3.63) is 0 Å². The molecule has 0 aromatic rings. The molecule has 0 aromatic heterocycles. The number of esters is 4. The first-order chi connectivity index (χ1) is 47.9. The van der Waals surface area contributed by atoms with Gasteiger partial charge in [-0.2, -0.15) is 0 Å². The minimum atomic E-state index is -4.96. The second-order valence-electron chi connectivity index (χ2n) is 29.8. The van der Waals surface area contributed by atoms with E-state index in [-0.39, 0.29) is 25.7 Å². The monoisotopic (exact) mass is 1450 g/mol. The molecule has 0 radical (unpaired) electrons. The van der Waals surface area contributed by atoms with E-state index < -0.39 is 97.5 Å². The van der Waals surface area contributed by atoms with Crippen LogP contribution in [0.5, 0.6) is 0 Å². The highest BCUT2D eigenvalue weighted by Crippen LogP contribution is 2.45. The number of unbranched alkanes of at least 4 members (excludes halogenated alkanes) is 49. The van der Waals surface area contributed by atoms with E-state index in [4.69, 9.17) is 37.0 Å². The molecule has 17 nitrogen and oxygen atoms in total. The van der Waals surface area contributed by atoms with Crippen LogP contribution in [0.4, 0.5) is 0 Å². The Balaban J connectivity index is 5.12. The number of rotatable bonds is 79. The quantitative estimate of drug-likeness (QED) is 0.0222. The zero-order valence-corrected chi connectivity index (χ0v) is 66.6. The summed E-state index contributed by atoms with van der Waals surface area (Å²) in [5, 5.41) is 10.6. The van der Waals surface area contributed by atoms with Gasteiger partial charge in [-0.15, -0.1) is 0 Å². The molecule has 3 N–H and O–H groups in total. The molecule has 0 fully saturated rings. The first kappa shape index (κ1) is 97.1. The molecule has 0 aliphatic rings. The van der Waals surface area contributed by atoms with E-state index in [1.807, 2.05) is 0 Å². The Labute approximate surface area is 607 Å². The van der Waals surface area contributed by atoms with Crippen molar-refractivity contribution in [3.8, 4) is 0 Å². The topological polar surface area (TPSA) is 237 Å². The van der Waals surface area contributed by atoms with E-state index in [9.17, 15) is 43.2 Å². The van der Waals surface area contributed by atoms with E-state index >= 15 is 0 Å². The Hall–Kier alpha value is -1.94. The summed E-state index contributed by atoms with van der Waals surface area (Å²) in [5.41, 5.74) is 0. The SMILES string of the molecule is CCCCCCCCCCCCCCCCCCCCC(=O)OC[C@H](COP(=O)(O)OC[C@@H](O)COP(=O)(O)OC[C@@H](COC(=O)CCCCCCC)OC(=O)CCCCCCCCCCCCCCCCC(C)C)OC(=O)CCCCCCCCCCCCCCCCCCC(C)C. The molecule has 0 saturated carbocycles. The Kier molecular flexibility index (Phi) is 70.3. The molecule has 5 atom stereocenters. The second kappa shape index (κ2) is 71.7. The van der Waals surface area contributed by atoms with Gasteiger partial charge in [-0.1, -0.05) is 369 Å². The number of hydrogen-bond donors (Lipinski definition) is 3. The Morgan fingerprint density at radius 3 is 0.687 bits per heavy atom. The van der Waals surface area contributed by atoms with Crippen molar-refractivity contribution in [2.75, 3.05) is 39.6 Å². The normalized spacial score (nSPS) is 13.9. The molecular weight excluding hydrogens is 1290 g/mol. The largest absolute Gasteiger partial charge is 0.472 e. The highest BCUT2D eigenvalue weighted by molar-refractivity contribution is 7.47. The number of phosphoric acid groups is 2. The average Bonchev–Trinajstić information content (AvgIpc) is 1.09. The number of carbonyl (C=O) groups excluding carboxylic acids is 4. The van der Waals surface area contributed by atoms with Gasteiger partial charge in [0.05, 0.1) is 26.4 Å². The van der Waals surface area contributed by atoms with Gasteiger partial charge in [0.1, 0.15) is 19.3 Å². The lowest BCUT2D eigenvalue weighted by atomic mass is 10.0. The third kappa shape index (κ3) is 74.1. The minimum absolute atomic E-state index is 0.107. The first-order valence-electron chi connectivity index (χ1n) is 41.5. The fourth-order valence-electron chi connectivity index (χ4n) is 12.4. The molecule has 99 heavy (non-hydrogen) atoms. The third-order valence-corrected chi connectivity index (χ3v) is 20.6. The van der Waals surface area contributed by atoms with E-state index in [0.29, 0.717) is 25.7 Å². The van der Waals surface area contributed by atoms with E-state index in [0.717, 1.165) is 108 Å². The van der Waals surface area contributed by atoms with Crippen LogP contribution in [0.15, 0.2) is 0 Å². The number of phosphoric ester groups is 2. The van der Waals surface area contributed by atoms with Crippen molar-refractivity contribution >= 4 is 39.5 Å². The van der Waals surface area contributed by atoms with Crippen LogP contribution in [0.25, 0.3) is 0 Å². The van der Waals surface area contributed by atoms with Crippen molar-refractivity contribution in [2.45, 2.75) is 439 Å². The molecule has 0 aliphatic carbocycles. The minimum Gasteiger partial charge on any atom is -0.462 e. The molecule has 0 bridgehead atoms. The van der Waals surface area contributed by atoms with Gasteiger partial charge in [-0.3, -0.25) is 37.3 Å². The van der Waals surface area contributed by atoms with Crippen LogP contribution in [0.3, 0.4) is 0 Å². The average molecular weight is 1450 g/mol. The van der Waals surface area contributed by atoms with Crippen LogP contribution in [0.1, 0.15) is 420 Å². The molecule has 0 aliphatic heterocycles. The van der Waals surface area contributed by atoms with Crippen molar-refractivity contribution in [1.82, 2.24) is 0 Å². The van der Waals surface area contributed by atoms with Crippen LogP contribution in [-0.4, -0.2) is 96.7 Å². The van der Waals surface area contributed by atoms with Crippen LogP contribution in [-0.2, 0) is 65.4 Å². The number of aliphatic hydroxyl groups is 1. The lowest BCUT2D eigenvalue weighted by Crippen LogP contribution is -2.30. The summed E-state index contributed by atoms with van der Waals surface area (Å²) in [5.74, 6) is -0.516. The first-order valence-corrected chi connectivity index (χ1v) is 44.5. The van der Waals surface area contributed by atoms with Gasteiger partial charge in [0, 0.05) is 25.7 Å². The van der Waals surface area contributed by atoms with Crippen molar-refractivity contribution in [1.29, 1.82) is 0 Å². The van der Waals surface area contributed by atoms with Gasteiger partial charge in [0.25, 0.3) is 0 Å². The standard InChI is InChI=1S/C80H156O17P2/c1-7-9-11-13-14-15-16-17-18-19-20-24-30-35-40-45-51-57-63-78(83)91-69-76(97-80(85)65-59-52-46-41-36-31-25-22-21-23-28-33-38-43-49-54-60-72(3)4)71-95-99(88,89)93-67-74(81)66-92-98(86,87)94-70-75(68-90-77(82)62-56-48-12-10-8-2)96-79(84)64-58-53-47-42-37-32-27-26-29-34-39-44-50-55-61-73(5)6/h72-76,81H,7-71H2,1-6H3,(H,86,87)(H,88,89)/t74-,75+,76+/m0/s1. The zero-order chi connectivity index (χ0) is 72.8. The van der Waals surface area contributed by atoms with Crippen LogP contribution >= 0.6 is 15.6 Å². The number of hydrogen-bond acceptors (Lipinski definition) is 15. The van der Waals surface area contributed by atoms with E-state index in [1.165, 1.54) is 231 Å². The van der Waals surface area contributed by atoms with E-state index in [1.54, 1.807) is 0 Å². The van der Waals surface area contributed by atoms with Gasteiger partial charge in [-0.05, 0) is 37.5 Å².